The number of halogens is 1. The van der Waals surface area contributed by atoms with Gasteiger partial charge in [0.1, 0.15) is 11.0 Å². The quantitative estimate of drug-likeness (QED) is 0.399. The van der Waals surface area contributed by atoms with Gasteiger partial charge >= 0.3 is 0 Å². The van der Waals surface area contributed by atoms with E-state index in [1.807, 2.05) is 49.4 Å². The molecule has 0 amide bonds. The summed E-state index contributed by atoms with van der Waals surface area (Å²) in [6, 6.07) is 18.8. The van der Waals surface area contributed by atoms with Crippen molar-refractivity contribution in [2.75, 3.05) is 0 Å². The number of nitrogens with zero attached hydrogens (tertiary/aromatic N) is 3. The number of hydrogen-bond donors (Lipinski definition) is 0. The van der Waals surface area contributed by atoms with Crippen LogP contribution in [-0.4, -0.2) is 20.8 Å². The minimum atomic E-state index is -0.226. The molecule has 146 valence electrons. The molecule has 4 rings (SSSR count). The van der Waals surface area contributed by atoms with Crippen LogP contribution in [0.3, 0.4) is 0 Å². The fraction of sp³-hybridized carbons (Fsp3) is 0.208. The van der Waals surface area contributed by atoms with Crippen molar-refractivity contribution in [3.8, 4) is 5.69 Å². The van der Waals surface area contributed by atoms with Crippen LogP contribution in [-0.2, 0) is 5.41 Å². The topological polar surface area (TPSA) is 47.8 Å². The third-order valence-corrected chi connectivity index (χ3v) is 5.13. The van der Waals surface area contributed by atoms with Crippen molar-refractivity contribution in [3.05, 3.63) is 87.9 Å². The molecule has 0 bridgehead atoms. The zero-order valence-corrected chi connectivity index (χ0v) is 17.7. The van der Waals surface area contributed by atoms with Crippen molar-refractivity contribution >= 4 is 28.4 Å². The number of ketones is 1. The highest BCUT2D eigenvalue weighted by Gasteiger charge is 2.27. The Morgan fingerprint density at radius 2 is 1.62 bits per heavy atom. The Morgan fingerprint density at radius 3 is 2.31 bits per heavy atom. The molecular formula is C24H22ClN3O. The first kappa shape index (κ1) is 19.3. The van der Waals surface area contributed by atoms with Gasteiger partial charge in [-0.15, -0.1) is 15.0 Å². The molecule has 0 saturated carbocycles. The standard InChI is InChI=1S/C24H22ClN3O/c1-15-12-18(24(2,3)4)22(23(29)16-8-6-5-7-9-16)21(13-15)28-26-19-11-10-17(25)14-20(19)27-28/h5-14H,1-4H3. The molecule has 1 aromatic heterocycles. The van der Waals surface area contributed by atoms with E-state index in [-0.39, 0.29) is 11.2 Å². The zero-order valence-electron chi connectivity index (χ0n) is 16.9. The maximum atomic E-state index is 13.6. The predicted octanol–water partition coefficient (Wildman–Crippen LogP) is 5.91. The lowest BCUT2D eigenvalue weighted by Gasteiger charge is -2.25. The highest BCUT2D eigenvalue weighted by molar-refractivity contribution is 6.31. The number of carbonyl (C=O) groups is 1. The summed E-state index contributed by atoms with van der Waals surface area (Å²) in [4.78, 5) is 15.2. The predicted molar refractivity (Wildman–Crippen MR) is 117 cm³/mol. The monoisotopic (exact) mass is 403 g/mol. The average molecular weight is 404 g/mol. The molecule has 5 heteroatoms. The first-order chi connectivity index (χ1) is 13.7. The van der Waals surface area contributed by atoms with Gasteiger partial charge in [0.15, 0.2) is 5.78 Å². The van der Waals surface area contributed by atoms with Gasteiger partial charge in [0, 0.05) is 10.6 Å². The molecule has 4 aromatic rings. The number of fused-ring (bicyclic) bond motifs is 1. The number of aromatic nitrogens is 3. The first-order valence-corrected chi connectivity index (χ1v) is 9.90. The van der Waals surface area contributed by atoms with Crippen molar-refractivity contribution in [3.63, 3.8) is 0 Å². The molecule has 0 saturated heterocycles. The summed E-state index contributed by atoms with van der Waals surface area (Å²) in [7, 11) is 0. The third kappa shape index (κ3) is 3.68. The van der Waals surface area contributed by atoms with Crippen LogP contribution in [0, 0.1) is 6.92 Å². The van der Waals surface area contributed by atoms with E-state index in [9.17, 15) is 4.79 Å². The Bertz CT molecular complexity index is 1220. The Labute approximate surface area is 175 Å². The van der Waals surface area contributed by atoms with Gasteiger partial charge in [-0.2, -0.15) is 0 Å². The molecule has 0 atom stereocenters. The van der Waals surface area contributed by atoms with Crippen LogP contribution in [0.4, 0.5) is 0 Å². The van der Waals surface area contributed by atoms with E-state index < -0.39 is 0 Å². The van der Waals surface area contributed by atoms with Gasteiger partial charge in [-0.25, -0.2) is 0 Å². The summed E-state index contributed by atoms with van der Waals surface area (Å²) in [5, 5.41) is 9.84. The molecule has 1 heterocycles. The second kappa shape index (κ2) is 7.12. The lowest BCUT2D eigenvalue weighted by atomic mass is 9.80. The fourth-order valence-corrected chi connectivity index (χ4v) is 3.65. The van der Waals surface area contributed by atoms with Crippen LogP contribution in [0.25, 0.3) is 16.7 Å². The van der Waals surface area contributed by atoms with E-state index in [0.717, 1.165) is 16.6 Å². The number of benzene rings is 3. The molecule has 0 aliphatic carbocycles. The summed E-state index contributed by atoms with van der Waals surface area (Å²) < 4.78 is 0. The molecule has 29 heavy (non-hydrogen) atoms. The van der Waals surface area contributed by atoms with Gasteiger partial charge < -0.3 is 0 Å². The fourth-order valence-electron chi connectivity index (χ4n) is 3.48. The van der Waals surface area contributed by atoms with Crippen molar-refractivity contribution in [2.45, 2.75) is 33.1 Å². The van der Waals surface area contributed by atoms with Crippen molar-refractivity contribution in [2.24, 2.45) is 0 Å². The molecule has 0 spiro atoms. The average Bonchev–Trinajstić information content (AvgIpc) is 3.10. The molecule has 0 radical (unpaired) electrons. The Kier molecular flexibility index (Phi) is 4.75. The lowest BCUT2D eigenvalue weighted by molar-refractivity contribution is 0.103. The highest BCUT2D eigenvalue weighted by Crippen LogP contribution is 2.33. The molecule has 0 aliphatic rings. The summed E-state index contributed by atoms with van der Waals surface area (Å²) in [6.45, 7) is 8.36. The summed E-state index contributed by atoms with van der Waals surface area (Å²) in [6.07, 6.45) is 0. The normalized spacial score (nSPS) is 11.8. The van der Waals surface area contributed by atoms with Gasteiger partial charge in [0.25, 0.3) is 0 Å². The van der Waals surface area contributed by atoms with E-state index in [1.54, 1.807) is 16.9 Å². The van der Waals surface area contributed by atoms with Gasteiger partial charge in [-0.3, -0.25) is 4.79 Å². The Hall–Kier alpha value is -2.98. The summed E-state index contributed by atoms with van der Waals surface area (Å²) in [5.74, 6) is -0.0371. The Morgan fingerprint density at radius 1 is 0.931 bits per heavy atom. The van der Waals surface area contributed by atoms with E-state index >= 15 is 0 Å². The van der Waals surface area contributed by atoms with Crippen molar-refractivity contribution < 1.29 is 4.79 Å². The van der Waals surface area contributed by atoms with Crippen LogP contribution in [0.5, 0.6) is 0 Å². The summed E-state index contributed by atoms with van der Waals surface area (Å²) in [5.41, 5.74) is 5.16. The van der Waals surface area contributed by atoms with Gasteiger partial charge in [-0.05, 0) is 47.7 Å². The highest BCUT2D eigenvalue weighted by atomic mass is 35.5. The van der Waals surface area contributed by atoms with Crippen molar-refractivity contribution in [1.29, 1.82) is 0 Å². The maximum Gasteiger partial charge on any atom is 0.195 e. The smallest absolute Gasteiger partial charge is 0.195 e. The van der Waals surface area contributed by atoms with Crippen LogP contribution < -0.4 is 0 Å². The van der Waals surface area contributed by atoms with Crippen molar-refractivity contribution in [1.82, 2.24) is 15.0 Å². The van der Waals surface area contributed by atoms with E-state index in [2.05, 4.69) is 37.0 Å². The third-order valence-electron chi connectivity index (χ3n) is 4.89. The number of carbonyl (C=O) groups excluding carboxylic acids is 1. The van der Waals surface area contributed by atoms with Crippen LogP contribution >= 0.6 is 11.6 Å². The molecule has 0 unspecified atom stereocenters. The molecular weight excluding hydrogens is 382 g/mol. The lowest BCUT2D eigenvalue weighted by Crippen LogP contribution is -2.21. The number of rotatable bonds is 3. The molecule has 3 aromatic carbocycles. The molecule has 0 aliphatic heterocycles. The van der Waals surface area contributed by atoms with E-state index in [4.69, 9.17) is 11.6 Å². The largest absolute Gasteiger partial charge is 0.289 e. The minimum absolute atomic E-state index is 0.0371. The maximum absolute atomic E-state index is 13.6. The summed E-state index contributed by atoms with van der Waals surface area (Å²) >= 11 is 6.11. The molecule has 4 nitrogen and oxygen atoms in total. The Balaban J connectivity index is 2.02. The second-order valence-electron chi connectivity index (χ2n) is 8.27. The molecule has 0 fully saturated rings. The van der Waals surface area contributed by atoms with Gasteiger partial charge in [0.05, 0.1) is 11.3 Å². The zero-order chi connectivity index (χ0) is 20.8. The second-order valence-corrected chi connectivity index (χ2v) is 8.71. The van der Waals surface area contributed by atoms with Gasteiger partial charge in [0.2, 0.25) is 0 Å². The van der Waals surface area contributed by atoms with Crippen LogP contribution in [0.1, 0.15) is 47.8 Å². The molecule has 0 N–H and O–H groups in total. The number of aryl methyl sites for hydroxylation is 1. The van der Waals surface area contributed by atoms with E-state index in [1.165, 1.54) is 0 Å². The van der Waals surface area contributed by atoms with Crippen LogP contribution in [0.15, 0.2) is 60.7 Å². The minimum Gasteiger partial charge on any atom is -0.289 e. The van der Waals surface area contributed by atoms with Gasteiger partial charge in [-0.1, -0.05) is 68.8 Å². The first-order valence-electron chi connectivity index (χ1n) is 9.52. The van der Waals surface area contributed by atoms with E-state index in [0.29, 0.717) is 27.4 Å². The number of hydrogen-bond acceptors (Lipinski definition) is 3. The SMILES string of the molecule is Cc1cc(-n2nc3ccc(Cl)cc3n2)c(C(=O)c2ccccc2)c(C(C)(C)C)c1. The van der Waals surface area contributed by atoms with Crippen LogP contribution in [0.2, 0.25) is 5.02 Å².